The number of allylic oxidation sites excluding steroid dienone is 1. The molecular formula is C36H29Cl2N2O2P. The average Bonchev–Trinajstić information content (AvgIpc) is 3.45. The smallest absolute Gasteiger partial charge is 0.238 e. The fourth-order valence-corrected chi connectivity index (χ4v) is 8.68. The number of hydrazone groups is 1. The van der Waals surface area contributed by atoms with Gasteiger partial charge in [-0.2, -0.15) is 5.10 Å². The van der Waals surface area contributed by atoms with E-state index in [4.69, 9.17) is 33.0 Å². The van der Waals surface area contributed by atoms with E-state index in [0.29, 0.717) is 21.6 Å². The molecule has 3 aliphatic rings. The minimum absolute atomic E-state index is 0.0734. The maximum Gasteiger partial charge on any atom is 0.238 e. The summed E-state index contributed by atoms with van der Waals surface area (Å²) in [7, 11) is -3.41. The van der Waals surface area contributed by atoms with E-state index in [9.17, 15) is 0 Å². The van der Waals surface area contributed by atoms with Crippen molar-refractivity contribution in [3.05, 3.63) is 159 Å². The summed E-state index contributed by atoms with van der Waals surface area (Å²) in [5.74, 6) is 4.76. The van der Waals surface area contributed by atoms with Crippen LogP contribution in [0.15, 0.2) is 132 Å². The third-order valence-corrected chi connectivity index (χ3v) is 10.9. The molecular weight excluding hydrogens is 594 g/mol. The summed E-state index contributed by atoms with van der Waals surface area (Å²) in [6.07, 6.45) is 5.06. The van der Waals surface area contributed by atoms with Gasteiger partial charge in [-0.1, -0.05) is 108 Å². The Labute approximate surface area is 262 Å². The van der Waals surface area contributed by atoms with Crippen LogP contribution in [0.2, 0.25) is 10.0 Å². The van der Waals surface area contributed by atoms with Crippen LogP contribution in [0.25, 0.3) is 17.6 Å². The van der Waals surface area contributed by atoms with Crippen LogP contribution in [-0.2, 0) is 9.30 Å². The van der Waals surface area contributed by atoms with Gasteiger partial charge in [-0.05, 0) is 66.3 Å². The summed E-state index contributed by atoms with van der Waals surface area (Å²) in [5, 5.41) is 6.62. The predicted molar refractivity (Wildman–Crippen MR) is 178 cm³/mol. The molecule has 4 nitrogen and oxygen atoms in total. The number of benzene rings is 4. The molecule has 0 saturated heterocycles. The molecule has 0 N–H and O–H groups in total. The van der Waals surface area contributed by atoms with Crippen LogP contribution in [0.1, 0.15) is 47.6 Å². The van der Waals surface area contributed by atoms with Crippen LogP contribution in [0, 0.1) is 5.92 Å². The molecule has 43 heavy (non-hydrogen) atoms. The monoisotopic (exact) mass is 622 g/mol. The van der Waals surface area contributed by atoms with Gasteiger partial charge in [0.25, 0.3) is 0 Å². The van der Waals surface area contributed by atoms with E-state index in [1.54, 1.807) is 11.6 Å². The van der Waals surface area contributed by atoms with Crippen molar-refractivity contribution in [2.75, 3.05) is 0 Å². The summed E-state index contributed by atoms with van der Waals surface area (Å²) in [4.78, 5) is 0. The second kappa shape index (κ2) is 11.7. The third-order valence-electron chi connectivity index (χ3n) is 8.17. The molecule has 2 unspecified atom stereocenters. The maximum atomic E-state index is 15.4. The van der Waals surface area contributed by atoms with Gasteiger partial charge in [0.05, 0.1) is 11.8 Å². The topological polar surface area (TPSA) is 41.9 Å². The zero-order valence-electron chi connectivity index (χ0n) is 23.3. The molecule has 0 amide bonds. The van der Waals surface area contributed by atoms with Crippen molar-refractivity contribution in [1.82, 2.24) is 4.78 Å². The lowest BCUT2D eigenvalue weighted by atomic mass is 9.78. The number of hydrogen-bond acceptors (Lipinski definition) is 3. The SMILES string of the molecule is O=P1(N2N=C3/C(=C\c4ccc(Cl)cc4)CCCC3C2c2ccc(Cl)cc2)C=C(c2ccccc2)OC(c2ccccc2)=C1. The lowest BCUT2D eigenvalue weighted by Crippen LogP contribution is -2.27. The predicted octanol–water partition coefficient (Wildman–Crippen LogP) is 10.9. The van der Waals surface area contributed by atoms with Crippen molar-refractivity contribution >= 4 is 53.8 Å². The van der Waals surface area contributed by atoms with E-state index in [0.717, 1.165) is 47.2 Å². The molecule has 2 aliphatic heterocycles. The minimum Gasteiger partial charge on any atom is -0.456 e. The van der Waals surface area contributed by atoms with Crippen LogP contribution in [0.4, 0.5) is 0 Å². The number of nitrogens with zero attached hydrogens (tertiary/aromatic N) is 2. The van der Waals surface area contributed by atoms with Crippen LogP contribution in [-0.4, -0.2) is 10.5 Å². The van der Waals surface area contributed by atoms with Crippen LogP contribution in [0.5, 0.6) is 0 Å². The molecule has 7 heteroatoms. The maximum absolute atomic E-state index is 15.4. The lowest BCUT2D eigenvalue weighted by molar-refractivity contribution is 0.313. The average molecular weight is 624 g/mol. The number of fused-ring (bicyclic) bond motifs is 1. The minimum atomic E-state index is -3.41. The quantitative estimate of drug-likeness (QED) is 0.208. The van der Waals surface area contributed by atoms with Crippen molar-refractivity contribution in [1.29, 1.82) is 0 Å². The number of rotatable bonds is 5. The molecule has 4 aromatic rings. The van der Waals surface area contributed by atoms with Crippen molar-refractivity contribution < 1.29 is 9.30 Å². The fraction of sp³-hybridized carbons (Fsp3) is 0.139. The Hall–Kier alpha value is -3.82. The van der Waals surface area contributed by atoms with Gasteiger partial charge in [-0.3, -0.25) is 4.57 Å². The second-order valence-corrected chi connectivity index (χ2v) is 14.2. The number of ether oxygens (including phenoxy) is 1. The first-order valence-corrected chi connectivity index (χ1v) is 17.0. The largest absolute Gasteiger partial charge is 0.456 e. The number of hydrogen-bond donors (Lipinski definition) is 0. The van der Waals surface area contributed by atoms with E-state index in [2.05, 4.69) is 6.08 Å². The van der Waals surface area contributed by atoms with Gasteiger partial charge in [0.1, 0.15) is 11.5 Å². The van der Waals surface area contributed by atoms with E-state index in [1.165, 1.54) is 5.57 Å². The molecule has 1 saturated carbocycles. The Morgan fingerprint density at radius 3 is 1.91 bits per heavy atom. The molecule has 214 valence electrons. The molecule has 1 aliphatic carbocycles. The van der Waals surface area contributed by atoms with Crippen molar-refractivity contribution in [2.45, 2.75) is 25.3 Å². The Bertz CT molecular complexity index is 1760. The van der Waals surface area contributed by atoms with Crippen molar-refractivity contribution in [3.8, 4) is 0 Å². The summed E-state index contributed by atoms with van der Waals surface area (Å²) < 4.78 is 23.7. The first-order valence-electron chi connectivity index (χ1n) is 14.4. The highest BCUT2D eigenvalue weighted by Crippen LogP contribution is 2.65. The highest BCUT2D eigenvalue weighted by atomic mass is 35.5. The summed E-state index contributed by atoms with van der Waals surface area (Å²) in [6.45, 7) is 0. The van der Waals surface area contributed by atoms with Gasteiger partial charge in [-0.15, -0.1) is 0 Å². The van der Waals surface area contributed by atoms with Crippen LogP contribution < -0.4 is 0 Å². The zero-order chi connectivity index (χ0) is 29.4. The molecule has 7 rings (SSSR count). The standard InChI is InChI=1S/C36H29Cl2N2O2P/c37-30-18-14-25(15-19-30)22-29-12-7-13-32-35(29)39-40(36(32)28-16-20-31(38)21-17-28)43(41)23-33(26-8-3-1-4-9-26)42-34(24-43)27-10-5-2-6-11-27/h1-6,8-11,14-24,32,36H,7,12-13H2/b29-22-. The number of halogens is 2. The van der Waals surface area contributed by atoms with E-state index in [1.807, 2.05) is 114 Å². The Morgan fingerprint density at radius 2 is 1.33 bits per heavy atom. The summed E-state index contributed by atoms with van der Waals surface area (Å²) in [6, 6.07) is 35.1. The molecule has 0 bridgehead atoms. The van der Waals surface area contributed by atoms with E-state index >= 15 is 4.57 Å². The highest BCUT2D eigenvalue weighted by molar-refractivity contribution is 7.68. The van der Waals surface area contributed by atoms with Crippen molar-refractivity contribution in [3.63, 3.8) is 0 Å². The molecule has 1 fully saturated rings. The normalized spacial score (nSPS) is 21.9. The van der Waals surface area contributed by atoms with Crippen LogP contribution >= 0.6 is 30.5 Å². The van der Waals surface area contributed by atoms with Gasteiger partial charge in [0.2, 0.25) is 7.29 Å². The molecule has 2 atom stereocenters. The van der Waals surface area contributed by atoms with Crippen molar-refractivity contribution in [2.24, 2.45) is 11.0 Å². The summed E-state index contributed by atoms with van der Waals surface area (Å²) in [5.41, 5.74) is 5.98. The molecule has 0 aromatic heterocycles. The molecule has 0 radical (unpaired) electrons. The Morgan fingerprint density at radius 1 is 0.767 bits per heavy atom. The lowest BCUT2D eigenvalue weighted by Gasteiger charge is -2.34. The fourth-order valence-electron chi connectivity index (χ4n) is 6.13. The first-order chi connectivity index (χ1) is 21.0. The van der Waals surface area contributed by atoms with Gasteiger partial charge in [0.15, 0.2) is 0 Å². The van der Waals surface area contributed by atoms with E-state index < -0.39 is 7.29 Å². The Kier molecular flexibility index (Phi) is 7.61. The van der Waals surface area contributed by atoms with Gasteiger partial charge in [-0.25, -0.2) is 4.78 Å². The van der Waals surface area contributed by atoms with E-state index in [-0.39, 0.29) is 12.0 Å². The summed E-state index contributed by atoms with van der Waals surface area (Å²) >= 11 is 12.5. The van der Waals surface area contributed by atoms with Gasteiger partial charge >= 0.3 is 0 Å². The highest BCUT2D eigenvalue weighted by Gasteiger charge is 2.48. The first kappa shape index (κ1) is 28.0. The van der Waals surface area contributed by atoms with Gasteiger partial charge in [0, 0.05) is 38.7 Å². The Balaban J connectivity index is 1.40. The molecule has 4 aromatic carbocycles. The zero-order valence-corrected chi connectivity index (χ0v) is 25.7. The third kappa shape index (κ3) is 5.63. The van der Waals surface area contributed by atoms with Crippen LogP contribution in [0.3, 0.4) is 0 Å². The second-order valence-electron chi connectivity index (χ2n) is 11.0. The molecule has 0 spiro atoms. The van der Waals surface area contributed by atoms with Gasteiger partial charge < -0.3 is 4.74 Å². The molecule has 2 heterocycles.